The lowest BCUT2D eigenvalue weighted by Gasteiger charge is -2.07. The van der Waals surface area contributed by atoms with Gasteiger partial charge < -0.3 is 5.32 Å². The number of carbonyl (C=O) groups excluding carboxylic acids is 2. The van der Waals surface area contributed by atoms with Crippen LogP contribution >= 0.6 is 11.3 Å². The Morgan fingerprint density at radius 2 is 1.61 bits per heavy atom. The van der Waals surface area contributed by atoms with Gasteiger partial charge in [0.25, 0.3) is 5.91 Å². The molecule has 23 heavy (non-hydrogen) atoms. The summed E-state index contributed by atoms with van der Waals surface area (Å²) in [7, 11) is 0. The number of amides is 1. The summed E-state index contributed by atoms with van der Waals surface area (Å²) in [5, 5.41) is 4.79. The van der Waals surface area contributed by atoms with E-state index in [1.807, 2.05) is 41.8 Å². The van der Waals surface area contributed by atoms with Gasteiger partial charge in [0.1, 0.15) is 0 Å². The first-order valence-corrected chi connectivity index (χ1v) is 8.08. The van der Waals surface area contributed by atoms with Crippen molar-refractivity contribution < 1.29 is 9.59 Å². The molecule has 0 aliphatic carbocycles. The van der Waals surface area contributed by atoms with Crippen molar-refractivity contribution >= 4 is 28.7 Å². The van der Waals surface area contributed by atoms with Gasteiger partial charge in [-0.1, -0.05) is 30.3 Å². The van der Waals surface area contributed by atoms with Crippen LogP contribution in [0, 0.1) is 0 Å². The zero-order valence-electron chi connectivity index (χ0n) is 12.6. The molecule has 0 aliphatic heterocycles. The third-order valence-electron chi connectivity index (χ3n) is 3.51. The number of thiophene rings is 1. The molecule has 3 nitrogen and oxygen atoms in total. The molecule has 2 aromatic carbocycles. The zero-order chi connectivity index (χ0) is 16.2. The molecule has 0 bridgehead atoms. The van der Waals surface area contributed by atoms with E-state index in [4.69, 9.17) is 0 Å². The van der Waals surface area contributed by atoms with Crippen molar-refractivity contribution in [1.82, 2.24) is 0 Å². The van der Waals surface area contributed by atoms with E-state index >= 15 is 0 Å². The lowest BCUT2D eigenvalue weighted by Crippen LogP contribution is -2.11. The van der Waals surface area contributed by atoms with Gasteiger partial charge in [0, 0.05) is 16.8 Å². The molecule has 114 valence electrons. The second-order valence-corrected chi connectivity index (χ2v) is 6.03. The van der Waals surface area contributed by atoms with E-state index in [9.17, 15) is 9.59 Å². The highest BCUT2D eigenvalue weighted by molar-refractivity contribution is 7.12. The molecule has 0 saturated heterocycles. The Balaban J connectivity index is 1.82. The lowest BCUT2D eigenvalue weighted by molar-refractivity contribution is 0.101. The number of ketones is 1. The SMILES string of the molecule is CC(=O)c1ccc(NC(=O)c2sccc2-c2ccccc2)cc1. The number of rotatable bonds is 4. The minimum Gasteiger partial charge on any atom is -0.321 e. The second kappa shape index (κ2) is 6.58. The molecule has 0 unspecified atom stereocenters. The molecule has 0 fully saturated rings. The Hall–Kier alpha value is -2.72. The summed E-state index contributed by atoms with van der Waals surface area (Å²) < 4.78 is 0. The molecule has 3 aromatic rings. The fourth-order valence-electron chi connectivity index (χ4n) is 2.31. The number of hydrogen-bond donors (Lipinski definition) is 1. The number of hydrogen-bond acceptors (Lipinski definition) is 3. The normalized spacial score (nSPS) is 10.3. The average molecular weight is 321 g/mol. The smallest absolute Gasteiger partial charge is 0.266 e. The molecule has 0 radical (unpaired) electrons. The molecule has 0 atom stereocenters. The second-order valence-electron chi connectivity index (χ2n) is 5.12. The van der Waals surface area contributed by atoms with Crippen molar-refractivity contribution in [1.29, 1.82) is 0 Å². The quantitative estimate of drug-likeness (QED) is 0.697. The Kier molecular flexibility index (Phi) is 4.35. The van der Waals surface area contributed by atoms with Crippen LogP contribution in [0.15, 0.2) is 66.0 Å². The van der Waals surface area contributed by atoms with Gasteiger partial charge in [0.2, 0.25) is 0 Å². The topological polar surface area (TPSA) is 46.2 Å². The highest BCUT2D eigenvalue weighted by atomic mass is 32.1. The monoisotopic (exact) mass is 321 g/mol. The molecule has 3 rings (SSSR count). The minimum atomic E-state index is -0.144. The van der Waals surface area contributed by atoms with Crippen molar-refractivity contribution in [3.63, 3.8) is 0 Å². The van der Waals surface area contributed by atoms with Gasteiger partial charge in [-0.15, -0.1) is 11.3 Å². The number of nitrogens with one attached hydrogen (secondary N) is 1. The van der Waals surface area contributed by atoms with E-state index < -0.39 is 0 Å². The van der Waals surface area contributed by atoms with Crippen molar-refractivity contribution in [2.45, 2.75) is 6.92 Å². The van der Waals surface area contributed by atoms with Crippen LogP contribution in [0.1, 0.15) is 27.0 Å². The molecule has 4 heteroatoms. The first-order valence-electron chi connectivity index (χ1n) is 7.20. The molecule has 0 spiro atoms. The van der Waals surface area contributed by atoms with E-state index in [0.717, 1.165) is 11.1 Å². The molecule has 0 aliphatic rings. The maximum Gasteiger partial charge on any atom is 0.266 e. The summed E-state index contributed by atoms with van der Waals surface area (Å²) in [6, 6.07) is 18.7. The lowest BCUT2D eigenvalue weighted by atomic mass is 10.1. The van der Waals surface area contributed by atoms with Crippen molar-refractivity contribution in [3.8, 4) is 11.1 Å². The van der Waals surface area contributed by atoms with E-state index in [2.05, 4.69) is 5.32 Å². The van der Waals surface area contributed by atoms with E-state index in [-0.39, 0.29) is 11.7 Å². The summed E-state index contributed by atoms with van der Waals surface area (Å²) in [4.78, 5) is 24.5. The Morgan fingerprint density at radius 1 is 0.913 bits per heavy atom. The van der Waals surface area contributed by atoms with Gasteiger partial charge in [-0.25, -0.2) is 0 Å². The molecule has 1 N–H and O–H groups in total. The van der Waals surface area contributed by atoms with Crippen LogP contribution in [-0.4, -0.2) is 11.7 Å². The molecule has 1 aromatic heterocycles. The molecular formula is C19H15NO2S. The maximum absolute atomic E-state index is 12.5. The standard InChI is InChI=1S/C19H15NO2S/c1-13(21)14-7-9-16(10-8-14)20-19(22)18-17(11-12-23-18)15-5-3-2-4-6-15/h2-12H,1H3,(H,20,22). The third-order valence-corrected chi connectivity index (χ3v) is 4.42. The summed E-state index contributed by atoms with van der Waals surface area (Å²) in [5.41, 5.74) is 3.25. The van der Waals surface area contributed by atoms with E-state index in [1.54, 1.807) is 24.3 Å². The van der Waals surface area contributed by atoms with Gasteiger partial charge in [0.15, 0.2) is 5.78 Å². The highest BCUT2D eigenvalue weighted by Gasteiger charge is 2.14. The van der Waals surface area contributed by atoms with Gasteiger partial charge >= 0.3 is 0 Å². The van der Waals surface area contributed by atoms with E-state index in [0.29, 0.717) is 16.1 Å². The first kappa shape index (κ1) is 15.2. The van der Waals surface area contributed by atoms with Gasteiger partial charge in [0.05, 0.1) is 4.88 Å². The van der Waals surface area contributed by atoms with Crippen molar-refractivity contribution in [3.05, 3.63) is 76.5 Å². The van der Waals surface area contributed by atoms with Crippen LogP contribution in [0.5, 0.6) is 0 Å². The molecule has 1 amide bonds. The summed E-state index contributed by atoms with van der Waals surface area (Å²) in [6.45, 7) is 1.52. The Labute approximate surface area is 138 Å². The summed E-state index contributed by atoms with van der Waals surface area (Å²) in [6.07, 6.45) is 0. The molecule has 0 saturated carbocycles. The third kappa shape index (κ3) is 3.38. The average Bonchev–Trinajstić information content (AvgIpc) is 3.06. The number of anilines is 1. The number of carbonyl (C=O) groups is 2. The zero-order valence-corrected chi connectivity index (χ0v) is 13.4. The predicted molar refractivity (Wildman–Crippen MR) is 94.2 cm³/mol. The fraction of sp³-hybridized carbons (Fsp3) is 0.0526. The first-order chi connectivity index (χ1) is 11.1. The molecular weight excluding hydrogens is 306 g/mol. The van der Waals surface area contributed by atoms with Crippen molar-refractivity contribution in [2.24, 2.45) is 0 Å². The predicted octanol–water partition coefficient (Wildman–Crippen LogP) is 4.87. The van der Waals surface area contributed by atoms with Crippen LogP contribution < -0.4 is 5.32 Å². The van der Waals surface area contributed by atoms with Gasteiger partial charge in [-0.2, -0.15) is 0 Å². The Bertz CT molecular complexity index is 835. The van der Waals surface area contributed by atoms with E-state index in [1.165, 1.54) is 18.3 Å². The van der Waals surface area contributed by atoms with Gasteiger partial charge in [-0.05, 0) is 48.2 Å². The van der Waals surface area contributed by atoms with Crippen LogP contribution in [0.2, 0.25) is 0 Å². The fourth-order valence-corrected chi connectivity index (χ4v) is 3.12. The highest BCUT2D eigenvalue weighted by Crippen LogP contribution is 2.28. The number of Topliss-reactive ketones (excluding diaryl/α,β-unsaturated/α-hetero) is 1. The van der Waals surface area contributed by atoms with Gasteiger partial charge in [-0.3, -0.25) is 9.59 Å². The van der Waals surface area contributed by atoms with Crippen LogP contribution in [0.4, 0.5) is 5.69 Å². The van der Waals surface area contributed by atoms with Crippen molar-refractivity contribution in [2.75, 3.05) is 5.32 Å². The number of benzene rings is 2. The Morgan fingerprint density at radius 3 is 2.26 bits per heavy atom. The minimum absolute atomic E-state index is 0.00694. The molecule has 1 heterocycles. The summed E-state index contributed by atoms with van der Waals surface area (Å²) >= 11 is 1.41. The summed E-state index contributed by atoms with van der Waals surface area (Å²) in [5.74, 6) is -0.137. The van der Waals surface area contributed by atoms with Crippen LogP contribution in [-0.2, 0) is 0 Å². The maximum atomic E-state index is 12.5. The van der Waals surface area contributed by atoms with Crippen LogP contribution in [0.3, 0.4) is 0 Å². The van der Waals surface area contributed by atoms with Crippen LogP contribution in [0.25, 0.3) is 11.1 Å². The largest absolute Gasteiger partial charge is 0.321 e.